The van der Waals surface area contributed by atoms with Gasteiger partial charge in [-0.05, 0) is 43.5 Å². The van der Waals surface area contributed by atoms with E-state index in [4.69, 9.17) is 27.9 Å². The maximum atomic E-state index is 12.2. The van der Waals surface area contributed by atoms with Crippen LogP contribution in [0.4, 0.5) is 5.69 Å². The van der Waals surface area contributed by atoms with Gasteiger partial charge in [-0.3, -0.25) is 4.79 Å². The first-order valence-corrected chi connectivity index (χ1v) is 9.00. The highest BCUT2D eigenvalue weighted by Crippen LogP contribution is 2.26. The summed E-state index contributed by atoms with van der Waals surface area (Å²) in [6.45, 7) is 1.50. The molecule has 0 saturated heterocycles. The second kappa shape index (κ2) is 8.42. The van der Waals surface area contributed by atoms with E-state index in [-0.39, 0.29) is 0 Å². The lowest BCUT2D eigenvalue weighted by Crippen LogP contribution is -2.30. The summed E-state index contributed by atoms with van der Waals surface area (Å²) in [5.74, 6) is -1.03. The Morgan fingerprint density at radius 3 is 2.54 bits per heavy atom. The molecular formula is C17H15Cl2NO3S. The van der Waals surface area contributed by atoms with E-state index in [1.165, 1.54) is 24.8 Å². The van der Waals surface area contributed by atoms with E-state index >= 15 is 0 Å². The Kier molecular flexibility index (Phi) is 6.54. The number of esters is 1. The number of halogens is 2. The van der Waals surface area contributed by atoms with Crippen molar-refractivity contribution in [2.45, 2.75) is 17.9 Å². The van der Waals surface area contributed by atoms with Crippen molar-refractivity contribution in [2.24, 2.45) is 0 Å². The molecule has 1 amide bonds. The van der Waals surface area contributed by atoms with E-state index in [0.29, 0.717) is 21.3 Å². The second-order valence-corrected chi connectivity index (χ2v) is 6.55. The summed E-state index contributed by atoms with van der Waals surface area (Å²) in [4.78, 5) is 25.2. The highest BCUT2D eigenvalue weighted by atomic mass is 35.5. The summed E-state index contributed by atoms with van der Waals surface area (Å²) < 4.78 is 5.24. The first kappa shape index (κ1) is 18.6. The molecule has 0 bridgehead atoms. The monoisotopic (exact) mass is 383 g/mol. The summed E-state index contributed by atoms with van der Waals surface area (Å²) in [7, 11) is 0. The van der Waals surface area contributed by atoms with Gasteiger partial charge < -0.3 is 10.1 Å². The minimum atomic E-state index is -0.973. The van der Waals surface area contributed by atoms with Crippen molar-refractivity contribution in [2.75, 3.05) is 11.6 Å². The topological polar surface area (TPSA) is 55.4 Å². The molecule has 0 unspecified atom stereocenters. The van der Waals surface area contributed by atoms with Gasteiger partial charge in [-0.25, -0.2) is 4.79 Å². The molecule has 0 aromatic heterocycles. The lowest BCUT2D eigenvalue weighted by molar-refractivity contribution is -0.123. The van der Waals surface area contributed by atoms with Crippen LogP contribution in [0.25, 0.3) is 0 Å². The molecule has 0 saturated carbocycles. The highest BCUT2D eigenvalue weighted by molar-refractivity contribution is 7.98. The number of amides is 1. The van der Waals surface area contributed by atoms with Crippen LogP contribution in [0.15, 0.2) is 47.4 Å². The summed E-state index contributed by atoms with van der Waals surface area (Å²) >= 11 is 13.3. The number of nitrogens with one attached hydrogen (secondary N) is 1. The van der Waals surface area contributed by atoms with E-state index in [9.17, 15) is 9.59 Å². The Labute approximate surface area is 154 Å². The number of rotatable bonds is 5. The minimum absolute atomic E-state index is 0.308. The van der Waals surface area contributed by atoms with Crippen molar-refractivity contribution < 1.29 is 14.3 Å². The number of ether oxygens (including phenoxy) is 1. The van der Waals surface area contributed by atoms with Gasteiger partial charge in [0.05, 0.1) is 16.3 Å². The SMILES string of the molecule is CSc1ccccc1C(=O)O[C@H](C)C(=O)Nc1ccc(Cl)cc1Cl. The third-order valence-corrected chi connectivity index (χ3v) is 4.51. The average molecular weight is 384 g/mol. The van der Waals surface area contributed by atoms with E-state index in [2.05, 4.69) is 5.32 Å². The molecule has 0 aliphatic heterocycles. The quantitative estimate of drug-likeness (QED) is 0.589. The van der Waals surface area contributed by atoms with Gasteiger partial charge in [0.25, 0.3) is 5.91 Å². The summed E-state index contributed by atoms with van der Waals surface area (Å²) in [5, 5.41) is 3.38. The Bertz CT molecular complexity index is 767. The molecule has 2 aromatic rings. The molecule has 0 spiro atoms. The molecular weight excluding hydrogens is 369 g/mol. The normalized spacial score (nSPS) is 11.7. The maximum Gasteiger partial charge on any atom is 0.340 e. The van der Waals surface area contributed by atoms with Gasteiger partial charge in [-0.15, -0.1) is 11.8 Å². The largest absolute Gasteiger partial charge is 0.449 e. The lowest BCUT2D eigenvalue weighted by Gasteiger charge is -2.15. The van der Waals surface area contributed by atoms with Gasteiger partial charge in [-0.2, -0.15) is 0 Å². The standard InChI is InChI=1S/C17H15Cl2NO3S/c1-10(16(21)20-14-8-7-11(18)9-13(14)19)23-17(22)12-5-3-4-6-15(12)24-2/h3-10H,1-2H3,(H,20,21)/t10-/m1/s1. The minimum Gasteiger partial charge on any atom is -0.449 e. The molecule has 4 nitrogen and oxygen atoms in total. The van der Waals surface area contributed by atoms with Gasteiger partial charge in [0.1, 0.15) is 0 Å². The summed E-state index contributed by atoms with van der Waals surface area (Å²) in [5.41, 5.74) is 0.827. The first-order chi connectivity index (χ1) is 11.4. The molecule has 2 aromatic carbocycles. The first-order valence-electron chi connectivity index (χ1n) is 7.02. The number of thioether (sulfide) groups is 1. The van der Waals surface area contributed by atoms with Crippen molar-refractivity contribution >= 4 is 52.5 Å². The Hall–Kier alpha value is -1.69. The predicted molar refractivity (Wildman–Crippen MR) is 98.2 cm³/mol. The zero-order chi connectivity index (χ0) is 17.7. The molecule has 0 radical (unpaired) electrons. The van der Waals surface area contributed by atoms with Crippen LogP contribution in [0.1, 0.15) is 17.3 Å². The molecule has 0 aliphatic rings. The maximum absolute atomic E-state index is 12.2. The van der Waals surface area contributed by atoms with Crippen LogP contribution in [-0.2, 0) is 9.53 Å². The van der Waals surface area contributed by atoms with E-state index in [0.717, 1.165) is 4.90 Å². The lowest BCUT2D eigenvalue weighted by atomic mass is 10.2. The predicted octanol–water partition coefficient (Wildman–Crippen LogP) is 4.90. The number of carbonyl (C=O) groups excluding carboxylic acids is 2. The van der Waals surface area contributed by atoms with Crippen LogP contribution in [0.2, 0.25) is 10.0 Å². The smallest absolute Gasteiger partial charge is 0.340 e. The third-order valence-electron chi connectivity index (χ3n) is 3.17. The molecule has 0 heterocycles. The van der Waals surface area contributed by atoms with E-state index < -0.39 is 18.0 Å². The van der Waals surface area contributed by atoms with Gasteiger partial charge in [0, 0.05) is 9.92 Å². The fraction of sp³-hybridized carbons (Fsp3) is 0.176. The second-order valence-electron chi connectivity index (χ2n) is 4.86. The number of hydrogen-bond donors (Lipinski definition) is 1. The Morgan fingerprint density at radius 1 is 1.17 bits per heavy atom. The molecule has 126 valence electrons. The van der Waals surface area contributed by atoms with Crippen molar-refractivity contribution in [1.29, 1.82) is 0 Å². The molecule has 0 aliphatic carbocycles. The van der Waals surface area contributed by atoms with Crippen LogP contribution in [0.3, 0.4) is 0 Å². The molecule has 1 N–H and O–H groups in total. The van der Waals surface area contributed by atoms with Gasteiger partial charge in [0.15, 0.2) is 6.10 Å². The number of carbonyl (C=O) groups is 2. The van der Waals surface area contributed by atoms with Crippen LogP contribution in [0, 0.1) is 0 Å². The highest BCUT2D eigenvalue weighted by Gasteiger charge is 2.21. The third kappa shape index (κ3) is 4.66. The van der Waals surface area contributed by atoms with Crippen molar-refractivity contribution in [3.05, 3.63) is 58.1 Å². The van der Waals surface area contributed by atoms with Gasteiger partial charge in [-0.1, -0.05) is 35.3 Å². The Morgan fingerprint density at radius 2 is 1.88 bits per heavy atom. The fourth-order valence-corrected chi connectivity index (χ4v) is 2.96. The summed E-state index contributed by atoms with van der Waals surface area (Å²) in [6.07, 6.45) is 0.893. The van der Waals surface area contributed by atoms with Crippen LogP contribution >= 0.6 is 35.0 Å². The van der Waals surface area contributed by atoms with Crippen molar-refractivity contribution in [1.82, 2.24) is 0 Å². The molecule has 2 rings (SSSR count). The molecule has 24 heavy (non-hydrogen) atoms. The number of hydrogen-bond acceptors (Lipinski definition) is 4. The van der Waals surface area contributed by atoms with Gasteiger partial charge in [0.2, 0.25) is 0 Å². The molecule has 1 atom stereocenters. The zero-order valence-electron chi connectivity index (χ0n) is 13.0. The zero-order valence-corrected chi connectivity index (χ0v) is 15.3. The average Bonchev–Trinajstić information content (AvgIpc) is 2.57. The van der Waals surface area contributed by atoms with Crippen molar-refractivity contribution in [3.8, 4) is 0 Å². The van der Waals surface area contributed by atoms with E-state index in [1.54, 1.807) is 24.3 Å². The summed E-state index contributed by atoms with van der Waals surface area (Å²) in [6, 6.07) is 11.8. The van der Waals surface area contributed by atoms with Crippen molar-refractivity contribution in [3.63, 3.8) is 0 Å². The van der Waals surface area contributed by atoms with Crippen LogP contribution < -0.4 is 5.32 Å². The fourth-order valence-electron chi connectivity index (χ4n) is 1.92. The Balaban J connectivity index is 2.04. The van der Waals surface area contributed by atoms with Gasteiger partial charge >= 0.3 is 5.97 Å². The molecule has 0 fully saturated rings. The van der Waals surface area contributed by atoms with E-state index in [1.807, 2.05) is 18.4 Å². The number of benzene rings is 2. The molecule has 7 heteroatoms. The van der Waals surface area contributed by atoms with Crippen LogP contribution in [0.5, 0.6) is 0 Å². The number of anilines is 1. The van der Waals surface area contributed by atoms with Crippen LogP contribution in [-0.4, -0.2) is 24.2 Å².